The quantitative estimate of drug-likeness (QED) is 0.154. The van der Waals surface area contributed by atoms with Crippen LogP contribution in [0.4, 0.5) is 51.2 Å². The van der Waals surface area contributed by atoms with E-state index in [9.17, 15) is 0 Å². The van der Waals surface area contributed by atoms with Crippen molar-refractivity contribution in [1.82, 2.24) is 0 Å². The molecule has 5 heteroatoms. The summed E-state index contributed by atoms with van der Waals surface area (Å²) < 4.78 is 1.48. The zero-order valence-corrected chi connectivity index (χ0v) is 41.6. The van der Waals surface area contributed by atoms with Gasteiger partial charge in [0.25, 0.3) is 6.71 Å². The maximum atomic E-state index is 2.65. The van der Waals surface area contributed by atoms with Crippen LogP contribution < -0.4 is 30.4 Å². The Morgan fingerprint density at radius 3 is 1.67 bits per heavy atom. The lowest BCUT2D eigenvalue weighted by Crippen LogP contribution is -2.60. The SMILES string of the molecule is CC(C)(C)c1ccc(N(c2ccc3c(c2)N(c2ccccc2)c2cc(C(C)(C)C)cc4c2B3c2sc3c(c2N4c2ccccc2)CCCC3)c2ccc(C(C)(C)C)cc2-c2ccccc2)cc1. The molecule has 1 aromatic heterocycles. The fourth-order valence-electron chi connectivity index (χ4n) is 10.8. The number of thiophene rings is 1. The van der Waals surface area contributed by atoms with Gasteiger partial charge in [-0.15, -0.1) is 0 Å². The van der Waals surface area contributed by atoms with E-state index in [1.807, 2.05) is 0 Å². The molecule has 8 aromatic rings. The van der Waals surface area contributed by atoms with Crippen LogP contribution >= 0.6 is 11.3 Å². The first kappa shape index (κ1) is 43.3. The minimum atomic E-state index is -0.0920. The number of benzene rings is 7. The maximum absolute atomic E-state index is 2.65. The van der Waals surface area contributed by atoms with Gasteiger partial charge in [-0.3, -0.25) is 0 Å². The Labute approximate surface area is 403 Å². The summed E-state index contributed by atoms with van der Waals surface area (Å²) in [6.45, 7) is 21.0. The van der Waals surface area contributed by atoms with Gasteiger partial charge in [-0.25, -0.2) is 0 Å². The lowest BCUT2D eigenvalue weighted by atomic mass is 9.36. The van der Waals surface area contributed by atoms with Crippen LogP contribution in [0.5, 0.6) is 0 Å². The highest BCUT2D eigenvalue weighted by atomic mass is 32.1. The number of fused-ring (bicyclic) bond motifs is 6. The van der Waals surface area contributed by atoms with Gasteiger partial charge in [0.05, 0.1) is 11.4 Å². The molecule has 0 N–H and O–H groups in total. The molecule has 0 saturated heterocycles. The summed E-state index contributed by atoms with van der Waals surface area (Å²) >= 11 is 2.09. The topological polar surface area (TPSA) is 9.72 Å². The van der Waals surface area contributed by atoms with Crippen LogP contribution in [-0.2, 0) is 29.1 Å². The molecule has 0 saturated carbocycles. The van der Waals surface area contributed by atoms with Gasteiger partial charge in [0.15, 0.2) is 0 Å². The molecule has 0 atom stereocenters. The van der Waals surface area contributed by atoms with Crippen molar-refractivity contribution in [3.63, 3.8) is 0 Å². The molecule has 3 heterocycles. The Kier molecular flexibility index (Phi) is 10.5. The standard InChI is InChI=1S/C62H62BN3S/c1-60(2,3)42-29-32-47(33-30-42)64(52-36-31-43(61(4,5)6)37-50(52)41-21-13-10-14-22-41)48-34-35-51-53(40-48)65(45-23-15-11-16-24-45)54-38-44(62(7,8)9)39-55-57(54)63(51)59-58(49-27-19-20-28-56(49)67-59)66(55)46-25-17-12-18-26-46/h10-18,21-26,29-40H,19-20,27-28H2,1-9H3. The van der Waals surface area contributed by atoms with Crippen LogP contribution in [0.15, 0.2) is 164 Å². The van der Waals surface area contributed by atoms with E-state index in [0.717, 1.165) is 35.6 Å². The van der Waals surface area contributed by atoms with E-state index in [0.29, 0.717) is 0 Å². The molecular weight excluding hydrogens is 830 g/mol. The third-order valence-corrected chi connectivity index (χ3v) is 15.8. The second kappa shape index (κ2) is 16.2. The molecule has 67 heavy (non-hydrogen) atoms. The number of hydrogen-bond donors (Lipinski definition) is 0. The van der Waals surface area contributed by atoms with Crippen molar-refractivity contribution in [2.24, 2.45) is 0 Å². The van der Waals surface area contributed by atoms with Crippen molar-refractivity contribution in [2.75, 3.05) is 14.7 Å². The largest absolute Gasteiger partial charge is 0.311 e. The molecule has 0 fully saturated rings. The van der Waals surface area contributed by atoms with Crippen molar-refractivity contribution >= 4 is 84.9 Å². The number of hydrogen-bond acceptors (Lipinski definition) is 4. The molecule has 7 aromatic carbocycles. The fraction of sp³-hybridized carbons (Fsp3) is 0.258. The van der Waals surface area contributed by atoms with Crippen LogP contribution in [0.2, 0.25) is 0 Å². The van der Waals surface area contributed by atoms with Crippen molar-refractivity contribution in [3.8, 4) is 11.1 Å². The molecule has 0 bridgehead atoms. The molecule has 0 unspecified atom stereocenters. The van der Waals surface area contributed by atoms with Gasteiger partial charge in [-0.1, -0.05) is 153 Å². The first-order valence-corrected chi connectivity index (χ1v) is 25.2. The molecule has 334 valence electrons. The van der Waals surface area contributed by atoms with E-state index in [2.05, 4.69) is 252 Å². The van der Waals surface area contributed by atoms with Gasteiger partial charge in [0.2, 0.25) is 0 Å². The fourth-order valence-corrected chi connectivity index (χ4v) is 12.3. The Morgan fingerprint density at radius 1 is 0.493 bits per heavy atom. The van der Waals surface area contributed by atoms with E-state index in [-0.39, 0.29) is 23.0 Å². The van der Waals surface area contributed by atoms with Crippen molar-refractivity contribution in [3.05, 3.63) is 191 Å². The van der Waals surface area contributed by atoms with Crippen LogP contribution in [-0.4, -0.2) is 6.71 Å². The second-order valence-corrected chi connectivity index (χ2v) is 23.2. The van der Waals surface area contributed by atoms with Crippen LogP contribution in [0.1, 0.15) is 102 Å². The predicted octanol–water partition coefficient (Wildman–Crippen LogP) is 15.7. The molecule has 2 aliphatic heterocycles. The average molecular weight is 892 g/mol. The van der Waals surface area contributed by atoms with Gasteiger partial charge >= 0.3 is 0 Å². The zero-order valence-electron chi connectivity index (χ0n) is 40.7. The molecule has 3 nitrogen and oxygen atoms in total. The third kappa shape index (κ3) is 7.51. The predicted molar refractivity (Wildman–Crippen MR) is 291 cm³/mol. The number of rotatable bonds is 6. The molecule has 11 rings (SSSR count). The van der Waals surface area contributed by atoms with E-state index in [1.54, 1.807) is 10.4 Å². The third-order valence-electron chi connectivity index (χ3n) is 14.5. The zero-order chi connectivity index (χ0) is 46.4. The van der Waals surface area contributed by atoms with Gasteiger partial charge < -0.3 is 14.7 Å². The minimum absolute atomic E-state index is 0.0165. The van der Waals surface area contributed by atoms with E-state index < -0.39 is 0 Å². The summed E-state index contributed by atoms with van der Waals surface area (Å²) in [5, 5.41) is 0. The summed E-state index contributed by atoms with van der Waals surface area (Å²) in [5.41, 5.74) is 21.7. The highest BCUT2D eigenvalue weighted by Gasteiger charge is 2.47. The number of para-hydroxylation sites is 2. The Morgan fingerprint density at radius 2 is 1.04 bits per heavy atom. The van der Waals surface area contributed by atoms with E-state index in [4.69, 9.17) is 0 Å². The summed E-state index contributed by atoms with van der Waals surface area (Å²) in [7, 11) is 0. The van der Waals surface area contributed by atoms with Gasteiger partial charge in [-0.2, -0.15) is 11.3 Å². The molecular formula is C62H62BN3S. The normalized spacial score (nSPS) is 14.3. The van der Waals surface area contributed by atoms with Crippen LogP contribution in [0, 0.1) is 0 Å². The van der Waals surface area contributed by atoms with Crippen LogP contribution in [0.3, 0.4) is 0 Å². The van der Waals surface area contributed by atoms with Gasteiger partial charge in [0.1, 0.15) is 0 Å². The summed E-state index contributed by atoms with van der Waals surface area (Å²) in [6, 6.07) is 62.2. The number of anilines is 9. The monoisotopic (exact) mass is 891 g/mol. The van der Waals surface area contributed by atoms with E-state index in [1.165, 1.54) is 84.8 Å². The van der Waals surface area contributed by atoms with E-state index >= 15 is 0 Å². The number of nitrogens with zero attached hydrogens (tertiary/aromatic N) is 3. The second-order valence-electron chi connectivity index (χ2n) is 22.1. The average Bonchev–Trinajstić information content (AvgIpc) is 3.71. The molecule has 3 aliphatic rings. The molecule has 1 aliphatic carbocycles. The van der Waals surface area contributed by atoms with Crippen molar-refractivity contribution in [2.45, 2.75) is 104 Å². The molecule has 0 spiro atoms. The Hall–Kier alpha value is -6.30. The van der Waals surface area contributed by atoms with Gasteiger partial charge in [-0.05, 0) is 153 Å². The van der Waals surface area contributed by atoms with Crippen molar-refractivity contribution < 1.29 is 0 Å². The van der Waals surface area contributed by atoms with Crippen molar-refractivity contribution in [1.29, 1.82) is 0 Å². The molecule has 0 radical (unpaired) electrons. The van der Waals surface area contributed by atoms with Crippen LogP contribution in [0.25, 0.3) is 11.1 Å². The molecule has 0 amide bonds. The summed E-state index contributed by atoms with van der Waals surface area (Å²) in [4.78, 5) is 9.33. The first-order chi connectivity index (χ1) is 32.1. The lowest BCUT2D eigenvalue weighted by molar-refractivity contribution is 0.590. The Balaban J connectivity index is 1.21. The highest BCUT2D eigenvalue weighted by Crippen LogP contribution is 2.51. The Bertz CT molecular complexity index is 3130. The number of aryl methyl sites for hydroxylation is 1. The first-order valence-electron chi connectivity index (χ1n) is 24.4. The summed E-state index contributed by atoms with van der Waals surface area (Å²) in [6.07, 6.45) is 4.77. The van der Waals surface area contributed by atoms with Gasteiger partial charge in [0, 0.05) is 55.0 Å². The maximum Gasteiger partial charge on any atom is 0.264 e. The smallest absolute Gasteiger partial charge is 0.264 e. The lowest BCUT2D eigenvalue weighted by Gasteiger charge is -2.44. The minimum Gasteiger partial charge on any atom is -0.311 e. The highest BCUT2D eigenvalue weighted by molar-refractivity contribution is 7.29. The summed E-state index contributed by atoms with van der Waals surface area (Å²) in [5.74, 6) is 0.